The summed E-state index contributed by atoms with van der Waals surface area (Å²) in [4.78, 5) is 25.9. The minimum absolute atomic E-state index is 0.0741. The molecule has 0 aliphatic heterocycles. The second-order valence-corrected chi connectivity index (χ2v) is 4.05. The SMILES string of the molecule is COC(=O)c1cc(Nc2ccc(C(=O)O)cc2F)ccn1. The Morgan fingerprint density at radius 3 is 2.67 bits per heavy atom. The van der Waals surface area contributed by atoms with Crippen molar-refractivity contribution in [1.29, 1.82) is 0 Å². The molecule has 2 aromatic rings. The van der Waals surface area contributed by atoms with Crippen LogP contribution in [0.1, 0.15) is 20.8 Å². The molecule has 0 saturated heterocycles. The number of hydrogen-bond acceptors (Lipinski definition) is 5. The van der Waals surface area contributed by atoms with Gasteiger partial charge in [0.2, 0.25) is 0 Å². The van der Waals surface area contributed by atoms with Crippen molar-refractivity contribution in [3.8, 4) is 0 Å². The highest BCUT2D eigenvalue weighted by Crippen LogP contribution is 2.21. The van der Waals surface area contributed by atoms with E-state index >= 15 is 0 Å². The molecule has 0 aliphatic carbocycles. The van der Waals surface area contributed by atoms with E-state index in [9.17, 15) is 14.0 Å². The number of pyridine rings is 1. The molecule has 0 amide bonds. The summed E-state index contributed by atoms with van der Waals surface area (Å²) in [5.41, 5.74) is 0.433. The van der Waals surface area contributed by atoms with Crippen LogP contribution in [-0.4, -0.2) is 29.1 Å². The molecule has 6 nitrogen and oxygen atoms in total. The maximum absolute atomic E-state index is 13.8. The van der Waals surface area contributed by atoms with Crippen LogP contribution in [-0.2, 0) is 4.74 Å². The summed E-state index contributed by atoms with van der Waals surface area (Å²) >= 11 is 0. The molecule has 7 heteroatoms. The molecule has 0 radical (unpaired) electrons. The highest BCUT2D eigenvalue weighted by molar-refractivity contribution is 5.89. The minimum Gasteiger partial charge on any atom is -0.478 e. The Balaban J connectivity index is 2.26. The summed E-state index contributed by atoms with van der Waals surface area (Å²) in [6.45, 7) is 0. The van der Waals surface area contributed by atoms with Crippen molar-refractivity contribution in [2.24, 2.45) is 0 Å². The number of methoxy groups -OCH3 is 1. The first-order chi connectivity index (χ1) is 10.0. The normalized spacial score (nSPS) is 10.0. The summed E-state index contributed by atoms with van der Waals surface area (Å²) in [7, 11) is 1.23. The van der Waals surface area contributed by atoms with E-state index < -0.39 is 17.8 Å². The number of ether oxygens (including phenoxy) is 1. The van der Waals surface area contributed by atoms with Crippen molar-refractivity contribution in [2.45, 2.75) is 0 Å². The quantitative estimate of drug-likeness (QED) is 0.841. The number of nitrogens with one attached hydrogen (secondary N) is 1. The zero-order valence-electron chi connectivity index (χ0n) is 11.0. The van der Waals surface area contributed by atoms with Crippen molar-refractivity contribution in [2.75, 3.05) is 12.4 Å². The molecule has 2 N–H and O–H groups in total. The van der Waals surface area contributed by atoms with Gasteiger partial charge in [0.15, 0.2) is 0 Å². The Morgan fingerprint density at radius 1 is 1.29 bits per heavy atom. The molecule has 0 bridgehead atoms. The summed E-state index contributed by atoms with van der Waals surface area (Å²) < 4.78 is 18.3. The molecular weight excluding hydrogens is 279 g/mol. The first kappa shape index (κ1) is 14.4. The van der Waals surface area contributed by atoms with Gasteiger partial charge in [-0.25, -0.2) is 19.0 Å². The Kier molecular flexibility index (Phi) is 4.13. The number of carbonyl (C=O) groups is 2. The minimum atomic E-state index is -1.21. The topological polar surface area (TPSA) is 88.5 Å². The Hall–Kier alpha value is -2.96. The molecule has 0 atom stereocenters. The van der Waals surface area contributed by atoms with Gasteiger partial charge in [-0.2, -0.15) is 0 Å². The van der Waals surface area contributed by atoms with E-state index in [1.54, 1.807) is 0 Å². The van der Waals surface area contributed by atoms with Crippen LogP contribution in [0.25, 0.3) is 0 Å². The molecule has 1 aromatic heterocycles. The maximum atomic E-state index is 13.8. The fourth-order valence-corrected chi connectivity index (χ4v) is 1.63. The van der Waals surface area contributed by atoms with E-state index in [2.05, 4.69) is 15.0 Å². The van der Waals surface area contributed by atoms with E-state index in [1.165, 1.54) is 37.6 Å². The van der Waals surface area contributed by atoms with Crippen molar-refractivity contribution in [3.05, 3.63) is 53.6 Å². The molecule has 0 unspecified atom stereocenters. The Labute approximate surface area is 119 Å². The zero-order chi connectivity index (χ0) is 15.4. The van der Waals surface area contributed by atoms with Gasteiger partial charge in [-0.15, -0.1) is 0 Å². The fourth-order valence-electron chi connectivity index (χ4n) is 1.63. The number of aromatic carboxylic acids is 1. The second kappa shape index (κ2) is 6.00. The van der Waals surface area contributed by atoms with Crippen LogP contribution in [0, 0.1) is 5.82 Å². The van der Waals surface area contributed by atoms with E-state index in [0.29, 0.717) is 5.69 Å². The van der Waals surface area contributed by atoms with Crippen LogP contribution in [0.5, 0.6) is 0 Å². The van der Waals surface area contributed by atoms with Crippen LogP contribution in [0.4, 0.5) is 15.8 Å². The predicted molar refractivity (Wildman–Crippen MR) is 72.2 cm³/mol. The summed E-state index contributed by atoms with van der Waals surface area (Å²) in [5, 5.41) is 11.5. The smallest absolute Gasteiger partial charge is 0.356 e. The summed E-state index contributed by atoms with van der Waals surface area (Å²) in [6.07, 6.45) is 1.37. The van der Waals surface area contributed by atoms with Gasteiger partial charge in [0.25, 0.3) is 0 Å². The van der Waals surface area contributed by atoms with Crippen molar-refractivity contribution in [1.82, 2.24) is 4.98 Å². The largest absolute Gasteiger partial charge is 0.478 e. The van der Waals surface area contributed by atoms with E-state index in [1.807, 2.05) is 0 Å². The maximum Gasteiger partial charge on any atom is 0.356 e. The molecule has 0 aliphatic rings. The van der Waals surface area contributed by atoms with Gasteiger partial charge in [0.05, 0.1) is 18.4 Å². The van der Waals surface area contributed by atoms with Gasteiger partial charge < -0.3 is 15.2 Å². The monoisotopic (exact) mass is 290 g/mol. The lowest BCUT2D eigenvalue weighted by atomic mass is 10.2. The molecule has 108 valence electrons. The number of esters is 1. The number of carboxylic acids is 1. The van der Waals surface area contributed by atoms with E-state index in [-0.39, 0.29) is 16.9 Å². The summed E-state index contributed by atoms with van der Waals surface area (Å²) in [5.74, 6) is -2.54. The second-order valence-electron chi connectivity index (χ2n) is 4.05. The van der Waals surface area contributed by atoms with Gasteiger partial charge in [0.1, 0.15) is 11.5 Å². The molecule has 21 heavy (non-hydrogen) atoms. The zero-order valence-corrected chi connectivity index (χ0v) is 11.0. The molecule has 1 aromatic carbocycles. The number of carboxylic acid groups (broad SMARTS) is 1. The van der Waals surface area contributed by atoms with Crippen LogP contribution in [0.3, 0.4) is 0 Å². The third-order valence-electron chi connectivity index (χ3n) is 2.65. The van der Waals surface area contributed by atoms with Crippen molar-refractivity contribution >= 4 is 23.3 Å². The van der Waals surface area contributed by atoms with Crippen LogP contribution >= 0.6 is 0 Å². The number of benzene rings is 1. The number of hydrogen-bond donors (Lipinski definition) is 2. The molecule has 0 saturated carbocycles. The van der Waals surface area contributed by atoms with E-state index in [4.69, 9.17) is 5.11 Å². The highest BCUT2D eigenvalue weighted by atomic mass is 19.1. The summed E-state index contributed by atoms with van der Waals surface area (Å²) in [6, 6.07) is 6.42. The van der Waals surface area contributed by atoms with Gasteiger partial charge in [-0.3, -0.25) is 0 Å². The average molecular weight is 290 g/mol. The average Bonchev–Trinajstić information content (AvgIpc) is 2.48. The lowest BCUT2D eigenvalue weighted by Gasteiger charge is -2.09. The van der Waals surface area contributed by atoms with Gasteiger partial charge >= 0.3 is 11.9 Å². The predicted octanol–water partition coefficient (Wildman–Crippen LogP) is 2.45. The number of halogens is 1. The molecule has 2 rings (SSSR count). The lowest BCUT2D eigenvalue weighted by Crippen LogP contribution is -2.05. The van der Waals surface area contributed by atoms with Gasteiger partial charge in [0, 0.05) is 11.9 Å². The number of carbonyl (C=O) groups excluding carboxylic acids is 1. The van der Waals surface area contributed by atoms with Crippen LogP contribution in [0.15, 0.2) is 36.5 Å². The number of rotatable bonds is 4. The van der Waals surface area contributed by atoms with E-state index in [0.717, 1.165) is 6.07 Å². The standard InChI is InChI=1S/C14H11FN2O4/c1-21-14(20)12-7-9(4-5-16-12)17-11-3-2-8(13(18)19)6-10(11)15/h2-7H,1H3,(H,16,17)(H,18,19). The van der Waals surface area contributed by atoms with Crippen LogP contribution < -0.4 is 5.32 Å². The Bertz CT molecular complexity index is 703. The molecule has 0 fully saturated rings. The molecule has 0 spiro atoms. The van der Waals surface area contributed by atoms with Crippen LogP contribution in [0.2, 0.25) is 0 Å². The van der Waals surface area contributed by atoms with Crippen molar-refractivity contribution in [3.63, 3.8) is 0 Å². The first-order valence-electron chi connectivity index (χ1n) is 5.85. The number of anilines is 2. The van der Waals surface area contributed by atoms with Crippen molar-refractivity contribution < 1.29 is 23.8 Å². The van der Waals surface area contributed by atoms with Gasteiger partial charge in [-0.05, 0) is 30.3 Å². The fraction of sp³-hybridized carbons (Fsp3) is 0.0714. The lowest BCUT2D eigenvalue weighted by molar-refractivity contribution is 0.0593. The third-order valence-corrected chi connectivity index (χ3v) is 2.65. The van der Waals surface area contributed by atoms with Gasteiger partial charge in [-0.1, -0.05) is 0 Å². The number of nitrogens with zero attached hydrogens (tertiary/aromatic N) is 1. The Morgan fingerprint density at radius 2 is 2.05 bits per heavy atom. The number of aromatic nitrogens is 1. The molecular formula is C14H11FN2O4. The highest BCUT2D eigenvalue weighted by Gasteiger charge is 2.11. The third kappa shape index (κ3) is 3.33. The molecule has 1 heterocycles. The first-order valence-corrected chi connectivity index (χ1v) is 5.85.